The molecule has 1 heterocycles. The lowest BCUT2D eigenvalue weighted by atomic mass is 9.49. The van der Waals surface area contributed by atoms with Crippen LogP contribution in [0.5, 0.6) is 0 Å². The van der Waals surface area contributed by atoms with Crippen molar-refractivity contribution in [2.45, 2.75) is 116 Å². The largest absolute Gasteiger partial charge is 0.458 e. The van der Waals surface area contributed by atoms with E-state index in [1.165, 1.54) is 27.7 Å². The van der Waals surface area contributed by atoms with Gasteiger partial charge in [0.1, 0.15) is 24.4 Å². The summed E-state index contributed by atoms with van der Waals surface area (Å²) in [4.78, 5) is 81.0. The summed E-state index contributed by atoms with van der Waals surface area (Å²) >= 11 is 0. The van der Waals surface area contributed by atoms with Gasteiger partial charge in [-0.05, 0) is 56.2 Å². The zero-order chi connectivity index (χ0) is 41.0. The predicted molar refractivity (Wildman–Crippen MR) is 194 cm³/mol. The maximum absolute atomic E-state index is 14.5. The molecule has 2 aromatic carbocycles. The summed E-state index contributed by atoms with van der Waals surface area (Å²) in [6.07, 6.45) is -8.24. The second-order valence-electron chi connectivity index (χ2n) is 15.9. The number of rotatable bonds is 9. The first-order valence-corrected chi connectivity index (χ1v) is 18.6. The summed E-state index contributed by atoms with van der Waals surface area (Å²) < 4.78 is 43.8. The lowest BCUT2D eigenvalue weighted by Crippen LogP contribution is -2.79. The molecule has 0 spiro atoms. The van der Waals surface area contributed by atoms with Crippen LogP contribution in [0.3, 0.4) is 0 Å². The first-order chi connectivity index (χ1) is 26.3. The minimum Gasteiger partial charge on any atom is -0.458 e. The van der Waals surface area contributed by atoms with Crippen molar-refractivity contribution in [3.8, 4) is 0 Å². The van der Waals surface area contributed by atoms with Crippen molar-refractivity contribution in [2.24, 2.45) is 16.7 Å². The van der Waals surface area contributed by atoms with Crippen molar-refractivity contribution in [2.75, 3.05) is 6.61 Å². The van der Waals surface area contributed by atoms with E-state index in [1.807, 2.05) is 0 Å². The highest BCUT2D eigenvalue weighted by Crippen LogP contribution is 2.69. The molecule has 300 valence electrons. The molecule has 1 N–H and O–H groups in total. The quantitative estimate of drug-likeness (QED) is 0.214. The van der Waals surface area contributed by atoms with Crippen molar-refractivity contribution >= 4 is 35.8 Å². The standard InChI is InChI=1S/C42H48O14/c1-22-29(51-23(2)43)20-41(39(6,7)49)32(22)33(52-24(3)44)35(53-25(4)45)40(8)30(54-37(47)27-15-11-9-12-16-27)19-31-42(21-50-31,56-26(5)46)34(40)36(41)55-38(48)28-17-13-10-14-18-28/h9-18,29-31,33-36,49H,19-21H2,1-8H3/t29-,30-,31+,33+,34-,35-,36-,40+,41-,42-/m0/s1. The number of hydrogen-bond acceptors (Lipinski definition) is 14. The van der Waals surface area contributed by atoms with Crippen molar-refractivity contribution in [3.05, 3.63) is 82.9 Å². The summed E-state index contributed by atoms with van der Waals surface area (Å²) in [6.45, 7) is 10.8. The SMILES string of the molecule is CC(=O)O[C@H]1C[C@]2(C(C)(C)O)C(=C1C)[C@@H](OC(C)=O)[C@H](OC(C)=O)[C@]1(C)[C@@H](OC(=O)c3ccccc3)C[C@H]3OC[C@@]3(OC(C)=O)[C@H]1[C@@H]2OC(=O)c1ccccc1. The van der Waals surface area contributed by atoms with Gasteiger partial charge in [-0.2, -0.15) is 0 Å². The highest BCUT2D eigenvalue weighted by molar-refractivity contribution is 5.90. The Morgan fingerprint density at radius 3 is 1.73 bits per heavy atom. The molecule has 2 aromatic rings. The fourth-order valence-electron chi connectivity index (χ4n) is 9.86. The summed E-state index contributed by atoms with van der Waals surface area (Å²) in [5.41, 5.74) is -6.31. The first kappa shape index (κ1) is 40.6. The lowest BCUT2D eigenvalue weighted by molar-refractivity contribution is -0.350. The van der Waals surface area contributed by atoms with Crippen LogP contribution in [0.25, 0.3) is 0 Å². The van der Waals surface area contributed by atoms with Crippen LogP contribution in [0.4, 0.5) is 0 Å². The van der Waals surface area contributed by atoms with E-state index in [-0.39, 0.29) is 36.1 Å². The van der Waals surface area contributed by atoms with E-state index in [0.29, 0.717) is 5.57 Å². The van der Waals surface area contributed by atoms with E-state index in [1.54, 1.807) is 74.5 Å². The van der Waals surface area contributed by atoms with Gasteiger partial charge in [-0.1, -0.05) is 43.3 Å². The van der Waals surface area contributed by atoms with Gasteiger partial charge in [0.2, 0.25) is 0 Å². The number of esters is 6. The molecule has 14 heteroatoms. The van der Waals surface area contributed by atoms with E-state index in [9.17, 15) is 33.9 Å². The van der Waals surface area contributed by atoms with E-state index in [2.05, 4.69) is 0 Å². The molecular formula is C42H48O14. The van der Waals surface area contributed by atoms with E-state index in [0.717, 1.165) is 13.8 Å². The maximum atomic E-state index is 14.5. The van der Waals surface area contributed by atoms with Gasteiger partial charge in [0.15, 0.2) is 17.8 Å². The number of ether oxygens (including phenoxy) is 7. The number of benzene rings is 2. The molecule has 0 amide bonds. The minimum atomic E-state index is -1.92. The fourth-order valence-corrected chi connectivity index (χ4v) is 9.86. The monoisotopic (exact) mass is 776 g/mol. The molecule has 0 bridgehead atoms. The molecule has 14 nitrogen and oxygen atoms in total. The minimum absolute atomic E-state index is 0.0909. The van der Waals surface area contributed by atoms with Gasteiger partial charge in [0.25, 0.3) is 0 Å². The maximum Gasteiger partial charge on any atom is 0.338 e. The van der Waals surface area contributed by atoms with E-state index >= 15 is 0 Å². The van der Waals surface area contributed by atoms with E-state index < -0.39 is 100 Å². The van der Waals surface area contributed by atoms with Crippen molar-refractivity contribution < 1.29 is 67.0 Å². The molecule has 1 aliphatic heterocycles. The molecule has 1 saturated heterocycles. The summed E-state index contributed by atoms with van der Waals surface area (Å²) in [7, 11) is 0. The average molecular weight is 777 g/mol. The van der Waals surface area contributed by atoms with Gasteiger partial charge in [0, 0.05) is 40.5 Å². The lowest BCUT2D eigenvalue weighted by Gasteiger charge is -2.65. The van der Waals surface area contributed by atoms with Crippen molar-refractivity contribution in [3.63, 3.8) is 0 Å². The van der Waals surface area contributed by atoms with Crippen LogP contribution in [0.15, 0.2) is 71.8 Å². The Hall–Kier alpha value is -5.08. The Balaban J connectivity index is 1.75. The Morgan fingerprint density at radius 2 is 1.27 bits per heavy atom. The van der Waals surface area contributed by atoms with Crippen LogP contribution >= 0.6 is 0 Å². The molecule has 0 aromatic heterocycles. The molecule has 2 saturated carbocycles. The van der Waals surface area contributed by atoms with Gasteiger partial charge < -0.3 is 38.3 Å². The van der Waals surface area contributed by atoms with E-state index in [4.69, 9.17) is 33.2 Å². The number of carbonyl (C=O) groups excluding carboxylic acids is 6. The molecular weight excluding hydrogens is 728 g/mol. The third-order valence-corrected chi connectivity index (χ3v) is 12.1. The topological polar surface area (TPSA) is 187 Å². The third-order valence-electron chi connectivity index (χ3n) is 12.1. The van der Waals surface area contributed by atoms with Gasteiger partial charge >= 0.3 is 35.8 Å². The molecule has 6 rings (SSSR count). The molecule has 3 fully saturated rings. The number of aliphatic hydroxyl groups is 1. The smallest absolute Gasteiger partial charge is 0.338 e. The van der Waals surface area contributed by atoms with Gasteiger partial charge in [-0.25, -0.2) is 9.59 Å². The molecule has 0 radical (unpaired) electrons. The highest BCUT2D eigenvalue weighted by atomic mass is 16.6. The molecule has 10 atom stereocenters. The molecule has 56 heavy (non-hydrogen) atoms. The Kier molecular flexibility index (Phi) is 10.7. The van der Waals surface area contributed by atoms with Crippen LogP contribution in [-0.4, -0.2) is 95.4 Å². The summed E-state index contributed by atoms with van der Waals surface area (Å²) in [5, 5.41) is 12.7. The summed E-state index contributed by atoms with van der Waals surface area (Å²) in [5.74, 6) is -5.89. The predicted octanol–water partition coefficient (Wildman–Crippen LogP) is 4.45. The molecule has 3 aliphatic carbocycles. The van der Waals surface area contributed by atoms with Gasteiger partial charge in [-0.15, -0.1) is 0 Å². The number of fused-ring (bicyclic) bond motifs is 4. The van der Waals surface area contributed by atoms with Crippen LogP contribution < -0.4 is 0 Å². The normalized spacial score (nSPS) is 33.2. The van der Waals surface area contributed by atoms with Crippen LogP contribution in [-0.2, 0) is 52.3 Å². The van der Waals surface area contributed by atoms with Crippen LogP contribution in [0.1, 0.15) is 88.9 Å². The molecule has 0 unspecified atom stereocenters. The second kappa shape index (κ2) is 14.8. The van der Waals surface area contributed by atoms with Gasteiger partial charge in [-0.3, -0.25) is 19.2 Å². The second-order valence-corrected chi connectivity index (χ2v) is 15.9. The van der Waals surface area contributed by atoms with Crippen LogP contribution in [0, 0.1) is 16.7 Å². The Morgan fingerprint density at radius 1 is 0.732 bits per heavy atom. The number of hydrogen-bond donors (Lipinski definition) is 1. The van der Waals surface area contributed by atoms with Crippen LogP contribution in [0.2, 0.25) is 0 Å². The Bertz CT molecular complexity index is 1930. The molecule has 4 aliphatic rings. The average Bonchev–Trinajstić information content (AvgIpc) is 3.37. The summed E-state index contributed by atoms with van der Waals surface area (Å²) in [6, 6.07) is 16.3. The number of carbonyl (C=O) groups is 6. The zero-order valence-corrected chi connectivity index (χ0v) is 32.7. The highest BCUT2D eigenvalue weighted by Gasteiger charge is 2.81. The first-order valence-electron chi connectivity index (χ1n) is 18.6. The van der Waals surface area contributed by atoms with Crippen molar-refractivity contribution in [1.82, 2.24) is 0 Å². The zero-order valence-electron chi connectivity index (χ0n) is 32.7. The fraction of sp³-hybridized carbons (Fsp3) is 0.524. The van der Waals surface area contributed by atoms with Crippen molar-refractivity contribution in [1.29, 1.82) is 0 Å². The van der Waals surface area contributed by atoms with Gasteiger partial charge in [0.05, 0.1) is 40.1 Å². The Labute approximate surface area is 324 Å². The third kappa shape index (κ3) is 6.66.